The Kier molecular flexibility index (Phi) is 5.96. The number of hydrogen-bond acceptors (Lipinski definition) is 4. The van der Waals surface area contributed by atoms with Crippen molar-refractivity contribution in [1.29, 1.82) is 0 Å². The van der Waals surface area contributed by atoms with Gasteiger partial charge in [-0.25, -0.2) is 4.79 Å². The Labute approximate surface area is 158 Å². The van der Waals surface area contributed by atoms with Gasteiger partial charge in [0.25, 0.3) is 5.91 Å². The van der Waals surface area contributed by atoms with Crippen molar-refractivity contribution in [1.82, 2.24) is 4.90 Å². The zero-order valence-corrected chi connectivity index (χ0v) is 15.3. The minimum absolute atomic E-state index is 0.0324. The van der Waals surface area contributed by atoms with E-state index in [1.165, 1.54) is 12.1 Å². The second kappa shape index (κ2) is 8.58. The fourth-order valence-electron chi connectivity index (χ4n) is 3.12. The topological polar surface area (TPSA) is 76.1 Å². The van der Waals surface area contributed by atoms with E-state index >= 15 is 0 Å². The van der Waals surface area contributed by atoms with Crippen molar-refractivity contribution in [2.24, 2.45) is 0 Å². The third-order valence-corrected chi connectivity index (χ3v) is 4.55. The summed E-state index contributed by atoms with van der Waals surface area (Å²) in [5.41, 5.74) is 0.674. The second-order valence-electron chi connectivity index (χ2n) is 6.37. The van der Waals surface area contributed by atoms with E-state index in [2.05, 4.69) is 0 Å². The summed E-state index contributed by atoms with van der Waals surface area (Å²) in [6, 6.07) is 13.6. The maximum absolute atomic E-state index is 12.6. The van der Waals surface area contributed by atoms with Gasteiger partial charge in [0.2, 0.25) is 0 Å². The van der Waals surface area contributed by atoms with E-state index in [9.17, 15) is 9.59 Å². The summed E-state index contributed by atoms with van der Waals surface area (Å²) in [4.78, 5) is 25.3. The molecule has 2 aromatic rings. The maximum Gasteiger partial charge on any atom is 0.335 e. The number of benzene rings is 2. The van der Waals surface area contributed by atoms with Crippen LogP contribution in [-0.2, 0) is 0 Å². The first-order valence-corrected chi connectivity index (χ1v) is 9.09. The molecule has 3 rings (SSSR count). The lowest BCUT2D eigenvalue weighted by Gasteiger charge is -2.32. The molecule has 0 bridgehead atoms. The molecule has 2 aromatic carbocycles. The Balaban J connectivity index is 1.57. The van der Waals surface area contributed by atoms with Crippen molar-refractivity contribution in [3.8, 4) is 11.5 Å². The van der Waals surface area contributed by atoms with Crippen LogP contribution in [0.25, 0.3) is 0 Å². The molecule has 1 heterocycles. The number of carbonyl (C=O) groups excluding carboxylic acids is 1. The standard InChI is InChI=1S/C21H23NO5/c1-2-26-18-5-3-4-6-19(18)27-17-11-13-22(14-12-17)20(23)15-7-9-16(10-8-15)21(24)25/h3-10,17H,2,11-14H2,1H3,(H,24,25). The molecule has 1 aliphatic rings. The fourth-order valence-corrected chi connectivity index (χ4v) is 3.12. The van der Waals surface area contributed by atoms with Crippen molar-refractivity contribution in [2.75, 3.05) is 19.7 Å². The number of rotatable bonds is 6. The fraction of sp³-hybridized carbons (Fsp3) is 0.333. The van der Waals surface area contributed by atoms with Gasteiger partial charge in [-0.05, 0) is 43.3 Å². The number of amides is 1. The molecule has 6 nitrogen and oxygen atoms in total. The van der Waals surface area contributed by atoms with E-state index in [1.807, 2.05) is 31.2 Å². The normalized spacial score (nSPS) is 14.6. The lowest BCUT2D eigenvalue weighted by atomic mass is 10.1. The van der Waals surface area contributed by atoms with Crippen molar-refractivity contribution in [3.63, 3.8) is 0 Å². The molecule has 1 fully saturated rings. The highest BCUT2D eigenvalue weighted by Gasteiger charge is 2.25. The van der Waals surface area contributed by atoms with Gasteiger partial charge in [0, 0.05) is 31.5 Å². The Morgan fingerprint density at radius 2 is 1.59 bits per heavy atom. The van der Waals surface area contributed by atoms with E-state index < -0.39 is 5.97 Å². The molecule has 0 radical (unpaired) electrons. The zero-order chi connectivity index (χ0) is 19.2. The van der Waals surface area contributed by atoms with E-state index in [4.69, 9.17) is 14.6 Å². The number of carboxylic acid groups (broad SMARTS) is 1. The lowest BCUT2D eigenvalue weighted by Crippen LogP contribution is -2.41. The molecule has 0 spiro atoms. The number of hydrogen-bond donors (Lipinski definition) is 1. The molecular weight excluding hydrogens is 346 g/mol. The summed E-state index contributed by atoms with van der Waals surface area (Å²) in [6.45, 7) is 3.71. The van der Waals surface area contributed by atoms with Crippen LogP contribution in [0.5, 0.6) is 11.5 Å². The van der Waals surface area contributed by atoms with Gasteiger partial charge < -0.3 is 19.5 Å². The minimum Gasteiger partial charge on any atom is -0.490 e. The molecule has 0 saturated carbocycles. The monoisotopic (exact) mass is 369 g/mol. The number of aromatic carboxylic acids is 1. The largest absolute Gasteiger partial charge is 0.490 e. The van der Waals surface area contributed by atoms with Crippen molar-refractivity contribution in [2.45, 2.75) is 25.9 Å². The predicted octanol–water partition coefficient (Wildman–Crippen LogP) is 3.47. The average Bonchev–Trinajstić information content (AvgIpc) is 2.70. The van der Waals surface area contributed by atoms with Crippen LogP contribution in [0.3, 0.4) is 0 Å². The van der Waals surface area contributed by atoms with E-state index in [1.54, 1.807) is 17.0 Å². The third-order valence-electron chi connectivity index (χ3n) is 4.55. The van der Waals surface area contributed by atoms with Crippen molar-refractivity contribution in [3.05, 3.63) is 59.7 Å². The van der Waals surface area contributed by atoms with Gasteiger partial charge in [0.05, 0.1) is 12.2 Å². The van der Waals surface area contributed by atoms with Gasteiger partial charge in [0.1, 0.15) is 6.10 Å². The van der Waals surface area contributed by atoms with Crippen molar-refractivity contribution < 1.29 is 24.2 Å². The van der Waals surface area contributed by atoms with Crippen LogP contribution in [0, 0.1) is 0 Å². The summed E-state index contributed by atoms with van der Waals surface area (Å²) < 4.78 is 11.7. The third kappa shape index (κ3) is 4.58. The smallest absolute Gasteiger partial charge is 0.335 e. The maximum atomic E-state index is 12.6. The molecule has 1 saturated heterocycles. The van der Waals surface area contributed by atoms with E-state index in [-0.39, 0.29) is 17.6 Å². The second-order valence-corrected chi connectivity index (χ2v) is 6.37. The van der Waals surface area contributed by atoms with Crippen LogP contribution in [0.15, 0.2) is 48.5 Å². The molecule has 0 unspecified atom stereocenters. The summed E-state index contributed by atoms with van der Waals surface area (Å²) >= 11 is 0. The number of piperidine rings is 1. The van der Waals surface area contributed by atoms with Crippen LogP contribution in [0.2, 0.25) is 0 Å². The van der Waals surface area contributed by atoms with Gasteiger partial charge in [-0.15, -0.1) is 0 Å². The molecule has 6 heteroatoms. The Morgan fingerprint density at radius 3 is 2.19 bits per heavy atom. The van der Waals surface area contributed by atoms with Crippen LogP contribution in [0.1, 0.15) is 40.5 Å². The van der Waals surface area contributed by atoms with Gasteiger partial charge in [-0.3, -0.25) is 4.79 Å². The molecule has 142 valence electrons. The average molecular weight is 369 g/mol. The summed E-state index contributed by atoms with van der Waals surface area (Å²) in [6.07, 6.45) is 1.50. The van der Waals surface area contributed by atoms with E-state index in [0.717, 1.165) is 24.3 Å². The summed E-state index contributed by atoms with van der Waals surface area (Å²) in [5, 5.41) is 8.95. The molecule has 0 atom stereocenters. The first-order valence-electron chi connectivity index (χ1n) is 9.09. The van der Waals surface area contributed by atoms with Gasteiger partial charge in [-0.2, -0.15) is 0 Å². The molecule has 0 aliphatic carbocycles. The highest BCUT2D eigenvalue weighted by Crippen LogP contribution is 2.29. The first-order chi connectivity index (χ1) is 13.1. The van der Waals surface area contributed by atoms with Gasteiger partial charge in [-0.1, -0.05) is 12.1 Å². The van der Waals surface area contributed by atoms with Crippen LogP contribution in [-0.4, -0.2) is 47.7 Å². The lowest BCUT2D eigenvalue weighted by molar-refractivity contribution is 0.0587. The number of carbonyl (C=O) groups is 2. The Hall–Kier alpha value is -3.02. The molecule has 27 heavy (non-hydrogen) atoms. The molecule has 1 N–H and O–H groups in total. The first kappa shape index (κ1) is 18.8. The number of likely N-dealkylation sites (tertiary alicyclic amines) is 1. The van der Waals surface area contributed by atoms with Crippen LogP contribution < -0.4 is 9.47 Å². The van der Waals surface area contributed by atoms with E-state index in [0.29, 0.717) is 25.3 Å². The Bertz CT molecular complexity index is 794. The van der Waals surface area contributed by atoms with Crippen LogP contribution in [0.4, 0.5) is 0 Å². The quantitative estimate of drug-likeness (QED) is 0.844. The SMILES string of the molecule is CCOc1ccccc1OC1CCN(C(=O)c2ccc(C(=O)O)cc2)CC1. The van der Waals surface area contributed by atoms with Crippen molar-refractivity contribution >= 4 is 11.9 Å². The summed E-state index contributed by atoms with van der Waals surface area (Å²) in [7, 11) is 0. The number of para-hydroxylation sites is 2. The number of nitrogens with zero attached hydrogens (tertiary/aromatic N) is 1. The molecule has 0 aromatic heterocycles. The highest BCUT2D eigenvalue weighted by atomic mass is 16.5. The zero-order valence-electron chi connectivity index (χ0n) is 15.3. The van der Waals surface area contributed by atoms with Crippen LogP contribution >= 0.6 is 0 Å². The number of carboxylic acids is 1. The van der Waals surface area contributed by atoms with Gasteiger partial charge >= 0.3 is 5.97 Å². The number of ether oxygens (including phenoxy) is 2. The summed E-state index contributed by atoms with van der Waals surface area (Å²) in [5.74, 6) is 0.379. The molecule has 1 amide bonds. The predicted molar refractivity (Wildman–Crippen MR) is 101 cm³/mol. The minimum atomic E-state index is -1.00. The highest BCUT2D eigenvalue weighted by molar-refractivity contribution is 5.96. The van der Waals surface area contributed by atoms with Gasteiger partial charge in [0.15, 0.2) is 11.5 Å². The molecular formula is C21H23NO5. The Morgan fingerprint density at radius 1 is 1.00 bits per heavy atom. The molecule has 1 aliphatic heterocycles.